The number of carbonyl (C=O) groups is 1. The van der Waals surface area contributed by atoms with Crippen molar-refractivity contribution in [2.75, 3.05) is 0 Å². The number of rotatable bonds is 1. The topological polar surface area (TPSA) is 17.1 Å². The average Bonchev–Trinajstić information content (AvgIpc) is 2.38. The first-order chi connectivity index (χ1) is 4.26. The fourth-order valence-corrected chi connectivity index (χ4v) is 2.34. The molecule has 9 heavy (non-hydrogen) atoms. The number of hydrogen-bond acceptors (Lipinski definition) is 1. The molecule has 0 saturated heterocycles. The van der Waals surface area contributed by atoms with Gasteiger partial charge in [0.25, 0.3) is 0 Å². The summed E-state index contributed by atoms with van der Waals surface area (Å²) in [7, 11) is 0. The van der Waals surface area contributed by atoms with Crippen molar-refractivity contribution in [3.05, 3.63) is 0 Å². The second kappa shape index (κ2) is 1.39. The highest BCUT2D eigenvalue weighted by molar-refractivity contribution is 5.86. The molecule has 1 nitrogen and oxygen atoms in total. The molecule has 2 saturated carbocycles. The first-order valence-corrected chi connectivity index (χ1v) is 3.77. The van der Waals surface area contributed by atoms with Gasteiger partial charge in [0.15, 0.2) is 0 Å². The minimum Gasteiger partial charge on any atom is -0.299 e. The molecule has 50 valence electrons. The maximum atomic E-state index is 11.0. The van der Waals surface area contributed by atoms with Gasteiger partial charge in [0.2, 0.25) is 0 Å². The lowest BCUT2D eigenvalue weighted by atomic mass is 10.00. The van der Waals surface area contributed by atoms with Gasteiger partial charge in [-0.2, -0.15) is 0 Å². The molecule has 0 heterocycles. The molecule has 0 aromatic carbocycles. The molecular weight excluding hydrogens is 112 g/mol. The summed E-state index contributed by atoms with van der Waals surface area (Å²) >= 11 is 0. The van der Waals surface area contributed by atoms with Gasteiger partial charge in [0, 0.05) is 5.41 Å². The van der Waals surface area contributed by atoms with E-state index < -0.39 is 0 Å². The van der Waals surface area contributed by atoms with Gasteiger partial charge in [0.05, 0.1) is 0 Å². The lowest BCUT2D eigenvalue weighted by Gasteiger charge is -2.03. The Morgan fingerprint density at radius 1 is 1.67 bits per heavy atom. The third kappa shape index (κ3) is 0.525. The highest BCUT2D eigenvalue weighted by Crippen LogP contribution is 2.63. The van der Waals surface area contributed by atoms with Crippen LogP contribution in [-0.2, 0) is 4.79 Å². The van der Waals surface area contributed by atoms with Crippen LogP contribution in [0.1, 0.15) is 32.6 Å². The summed E-state index contributed by atoms with van der Waals surface area (Å²) in [5.74, 6) is 1.25. The van der Waals surface area contributed by atoms with Crippen molar-refractivity contribution in [1.82, 2.24) is 0 Å². The number of hydrogen-bond donors (Lipinski definition) is 0. The quantitative estimate of drug-likeness (QED) is 0.520. The van der Waals surface area contributed by atoms with E-state index in [2.05, 4.69) is 0 Å². The summed E-state index contributed by atoms with van der Waals surface area (Å²) in [6.45, 7) is 1.76. The van der Waals surface area contributed by atoms with Crippen molar-refractivity contribution in [2.24, 2.45) is 11.3 Å². The highest BCUT2D eigenvalue weighted by Gasteiger charge is 2.59. The Morgan fingerprint density at radius 2 is 2.44 bits per heavy atom. The van der Waals surface area contributed by atoms with Gasteiger partial charge in [-0.25, -0.2) is 0 Å². The van der Waals surface area contributed by atoms with Crippen molar-refractivity contribution < 1.29 is 4.79 Å². The minimum absolute atomic E-state index is 0.222. The monoisotopic (exact) mass is 124 g/mol. The molecule has 2 atom stereocenters. The fourth-order valence-electron chi connectivity index (χ4n) is 2.34. The molecule has 0 radical (unpaired) electrons. The molecular formula is C8H12O. The molecule has 0 aromatic heterocycles. The van der Waals surface area contributed by atoms with Gasteiger partial charge in [-0.1, -0.05) is 6.42 Å². The average molecular weight is 124 g/mol. The van der Waals surface area contributed by atoms with Crippen LogP contribution in [0, 0.1) is 11.3 Å². The first kappa shape index (κ1) is 5.45. The summed E-state index contributed by atoms with van der Waals surface area (Å²) < 4.78 is 0. The number of Topliss-reactive ketones (excluding diaryl/α,β-unsaturated/α-hetero) is 1. The van der Waals surface area contributed by atoms with Crippen LogP contribution >= 0.6 is 0 Å². The Bertz CT molecular complexity index is 162. The Balaban J connectivity index is 2.19. The number of carbonyl (C=O) groups excluding carboxylic acids is 1. The summed E-state index contributed by atoms with van der Waals surface area (Å²) in [5, 5.41) is 0. The van der Waals surface area contributed by atoms with E-state index in [0.717, 1.165) is 5.92 Å². The second-order valence-corrected chi connectivity index (χ2v) is 3.51. The van der Waals surface area contributed by atoms with E-state index >= 15 is 0 Å². The largest absolute Gasteiger partial charge is 0.299 e. The fraction of sp³-hybridized carbons (Fsp3) is 0.875. The molecule has 2 fully saturated rings. The van der Waals surface area contributed by atoms with E-state index in [9.17, 15) is 4.79 Å². The predicted octanol–water partition coefficient (Wildman–Crippen LogP) is 1.77. The first-order valence-electron chi connectivity index (χ1n) is 3.77. The van der Waals surface area contributed by atoms with Gasteiger partial charge in [0.1, 0.15) is 5.78 Å². The van der Waals surface area contributed by atoms with Crippen LogP contribution in [0.4, 0.5) is 0 Å². The molecule has 2 rings (SSSR count). The Labute approximate surface area is 55.4 Å². The van der Waals surface area contributed by atoms with Crippen molar-refractivity contribution in [3.63, 3.8) is 0 Å². The Kier molecular flexibility index (Phi) is 0.842. The molecule has 0 bridgehead atoms. The molecule has 0 N–H and O–H groups in total. The molecule has 0 amide bonds. The molecule has 0 aromatic rings. The predicted molar refractivity (Wildman–Crippen MR) is 35.1 cm³/mol. The highest BCUT2D eigenvalue weighted by atomic mass is 16.1. The van der Waals surface area contributed by atoms with Gasteiger partial charge in [-0.15, -0.1) is 0 Å². The third-order valence-electron chi connectivity index (χ3n) is 3.11. The van der Waals surface area contributed by atoms with Gasteiger partial charge >= 0.3 is 0 Å². The summed E-state index contributed by atoms with van der Waals surface area (Å²) in [4.78, 5) is 11.0. The van der Waals surface area contributed by atoms with Crippen LogP contribution in [-0.4, -0.2) is 5.78 Å². The lowest BCUT2D eigenvalue weighted by Crippen LogP contribution is -2.09. The molecule has 1 unspecified atom stereocenters. The van der Waals surface area contributed by atoms with E-state index in [0.29, 0.717) is 5.78 Å². The number of fused-ring (bicyclic) bond motifs is 1. The van der Waals surface area contributed by atoms with Crippen LogP contribution < -0.4 is 0 Å². The molecule has 2 aliphatic rings. The number of ketones is 1. The lowest BCUT2D eigenvalue weighted by molar-refractivity contribution is -0.122. The van der Waals surface area contributed by atoms with Gasteiger partial charge < -0.3 is 0 Å². The normalized spacial score (nSPS) is 46.6. The van der Waals surface area contributed by atoms with Crippen molar-refractivity contribution in [3.8, 4) is 0 Å². The zero-order valence-electron chi connectivity index (χ0n) is 5.81. The standard InChI is InChI=1S/C8H12O/c1-6(9)8-4-2-3-7(8)5-8/h7H,2-5H2,1H3/t7?,8-/m0/s1. The molecule has 1 heteroatoms. The Hall–Kier alpha value is -0.330. The van der Waals surface area contributed by atoms with Gasteiger partial charge in [-0.3, -0.25) is 4.79 Å². The summed E-state index contributed by atoms with van der Waals surface area (Å²) in [6.07, 6.45) is 5.01. The van der Waals surface area contributed by atoms with Crippen LogP contribution in [0.3, 0.4) is 0 Å². The minimum atomic E-state index is 0.222. The zero-order valence-corrected chi connectivity index (χ0v) is 5.81. The van der Waals surface area contributed by atoms with Crippen LogP contribution in [0.25, 0.3) is 0 Å². The smallest absolute Gasteiger partial charge is 0.136 e. The molecule has 2 aliphatic carbocycles. The van der Waals surface area contributed by atoms with Crippen molar-refractivity contribution >= 4 is 5.78 Å². The van der Waals surface area contributed by atoms with E-state index in [1.165, 1.54) is 25.7 Å². The molecule has 0 spiro atoms. The summed E-state index contributed by atoms with van der Waals surface area (Å²) in [6, 6.07) is 0. The maximum absolute atomic E-state index is 11.0. The Morgan fingerprint density at radius 3 is 2.67 bits per heavy atom. The third-order valence-corrected chi connectivity index (χ3v) is 3.11. The molecule has 0 aliphatic heterocycles. The zero-order chi connectivity index (χ0) is 6.48. The van der Waals surface area contributed by atoms with E-state index in [1.54, 1.807) is 6.92 Å². The van der Waals surface area contributed by atoms with E-state index in [1.807, 2.05) is 0 Å². The second-order valence-electron chi connectivity index (χ2n) is 3.51. The SMILES string of the molecule is CC(=O)[C@@]12CCCC1C2. The van der Waals surface area contributed by atoms with Crippen molar-refractivity contribution in [2.45, 2.75) is 32.6 Å². The van der Waals surface area contributed by atoms with Crippen LogP contribution in [0.15, 0.2) is 0 Å². The van der Waals surface area contributed by atoms with E-state index in [4.69, 9.17) is 0 Å². The van der Waals surface area contributed by atoms with Crippen LogP contribution in [0.5, 0.6) is 0 Å². The van der Waals surface area contributed by atoms with Crippen LogP contribution in [0.2, 0.25) is 0 Å². The van der Waals surface area contributed by atoms with Crippen molar-refractivity contribution in [1.29, 1.82) is 0 Å². The summed E-state index contributed by atoms with van der Waals surface area (Å²) in [5.41, 5.74) is 0.222. The van der Waals surface area contributed by atoms with Gasteiger partial charge in [-0.05, 0) is 32.1 Å². The maximum Gasteiger partial charge on any atom is 0.136 e. The van der Waals surface area contributed by atoms with E-state index in [-0.39, 0.29) is 5.41 Å².